The predicted octanol–water partition coefficient (Wildman–Crippen LogP) is -2.31. The molecule has 0 bridgehead atoms. The van der Waals surface area contributed by atoms with Gasteiger partial charge in [-0.3, -0.25) is 0 Å². The largest absolute Gasteiger partial charge is 0.394 e. The highest BCUT2D eigenvalue weighted by molar-refractivity contribution is 5.15. The van der Waals surface area contributed by atoms with Gasteiger partial charge in [0.15, 0.2) is 37.2 Å². The average Bonchev–Trinajstić information content (AvgIpc) is 3.80. The van der Waals surface area contributed by atoms with Gasteiger partial charge in [-0.15, -0.1) is 0 Å². The van der Waals surface area contributed by atoms with E-state index >= 15 is 0 Å². The number of ether oxygens (including phenoxy) is 10. The summed E-state index contributed by atoms with van der Waals surface area (Å²) in [5.41, 5.74) is 0.294. The van der Waals surface area contributed by atoms with Crippen LogP contribution >= 0.6 is 0 Å². The fourth-order valence-electron chi connectivity index (χ4n) is 15.5. The number of aliphatic hydroxyl groups excluding tert-OH is 12. The second kappa shape index (κ2) is 20.5. The Morgan fingerprint density at radius 1 is 0.521 bits per heavy atom. The van der Waals surface area contributed by atoms with Gasteiger partial charge in [-0.05, 0) is 104 Å². The molecular formula is C49H80O22. The van der Waals surface area contributed by atoms with E-state index in [2.05, 4.69) is 27.7 Å². The summed E-state index contributed by atoms with van der Waals surface area (Å²) in [4.78, 5) is 0. The lowest BCUT2D eigenvalue weighted by atomic mass is 9.44. The summed E-state index contributed by atoms with van der Waals surface area (Å²) < 4.78 is 60.2. The van der Waals surface area contributed by atoms with Crippen LogP contribution in [0.25, 0.3) is 0 Å². The van der Waals surface area contributed by atoms with Gasteiger partial charge in [0.2, 0.25) is 0 Å². The van der Waals surface area contributed by atoms with Crippen molar-refractivity contribution in [3.8, 4) is 0 Å². The Morgan fingerprint density at radius 3 is 1.82 bits per heavy atom. The highest BCUT2D eigenvalue weighted by atomic mass is 16.8. The monoisotopic (exact) mass is 1020 g/mol. The molecule has 0 unspecified atom stereocenters. The molecule has 4 saturated carbocycles. The van der Waals surface area contributed by atoms with E-state index < -0.39 is 143 Å². The molecule has 6 aliphatic heterocycles. The Hall–Kier alpha value is -0.880. The Balaban J connectivity index is 0.760. The van der Waals surface area contributed by atoms with Crippen molar-refractivity contribution in [2.75, 3.05) is 26.4 Å². The lowest BCUT2D eigenvalue weighted by Gasteiger charge is -2.61. The third-order valence-electron chi connectivity index (χ3n) is 19.7. The van der Waals surface area contributed by atoms with Crippen LogP contribution in [0, 0.1) is 52.3 Å². The van der Waals surface area contributed by atoms with Crippen molar-refractivity contribution in [1.29, 1.82) is 0 Å². The number of rotatable bonds is 10. The fraction of sp³-hybridized carbons (Fsp3) is 1.00. The van der Waals surface area contributed by atoms with E-state index in [1.165, 1.54) is 12.8 Å². The third kappa shape index (κ3) is 9.19. The molecule has 0 radical (unpaired) electrons. The minimum absolute atomic E-state index is 0.0917. The van der Waals surface area contributed by atoms with Crippen LogP contribution in [0.3, 0.4) is 0 Å². The molecule has 0 aromatic carbocycles. The molecule has 6 saturated heterocycles. The van der Waals surface area contributed by atoms with E-state index in [1.54, 1.807) is 0 Å². The van der Waals surface area contributed by atoms with Gasteiger partial charge in [-0.25, -0.2) is 0 Å². The molecule has 12 N–H and O–H groups in total. The van der Waals surface area contributed by atoms with E-state index in [9.17, 15) is 61.3 Å². The van der Waals surface area contributed by atoms with Crippen LogP contribution in [0.4, 0.5) is 0 Å². The SMILES string of the molecule is C[C@H]1CC[C@@]2(OC1)O[C@H]1C[C@@H]3[C@@H]4CC[C@@H]5C[C@H](O[C@@H]6O[C@H](CO)[C@@H](O)[C@H](O)[C@H]6O[C@@H]6OC[C@H](O[C@@H]7O[C@H](O[C@@H]8O[C@H](CO)[C@@H](O)[C@H](O)[C@H]8O)[C@@H](O)[C@@H](O)[C@H]7O)[C@H](O)[C@H]6O)CC[C@@]5(C)[C@H]4CC[C@@]3(C)[C@H]1[C@@H]2C. The zero-order valence-corrected chi connectivity index (χ0v) is 41.0. The second-order valence-electron chi connectivity index (χ2n) is 23.5. The molecule has 22 heteroatoms. The molecule has 1 spiro atoms. The van der Waals surface area contributed by atoms with E-state index in [-0.39, 0.29) is 23.0 Å². The van der Waals surface area contributed by atoms with Crippen molar-refractivity contribution in [2.24, 2.45) is 52.3 Å². The van der Waals surface area contributed by atoms with Gasteiger partial charge in [0.25, 0.3) is 0 Å². The quantitative estimate of drug-likeness (QED) is 0.102. The maximum absolute atomic E-state index is 11.4. The Bertz CT molecular complexity index is 1810. The fourth-order valence-corrected chi connectivity index (χ4v) is 15.5. The maximum Gasteiger partial charge on any atom is 0.192 e. The summed E-state index contributed by atoms with van der Waals surface area (Å²) in [5.74, 6) is 3.08. The van der Waals surface area contributed by atoms with Gasteiger partial charge < -0.3 is 109 Å². The zero-order chi connectivity index (χ0) is 50.6. The minimum atomic E-state index is -2.00. The zero-order valence-electron chi connectivity index (χ0n) is 41.0. The van der Waals surface area contributed by atoms with Crippen molar-refractivity contribution in [3.63, 3.8) is 0 Å². The first-order valence-corrected chi connectivity index (χ1v) is 26.3. The molecule has 0 aromatic rings. The second-order valence-corrected chi connectivity index (χ2v) is 23.5. The van der Waals surface area contributed by atoms with Crippen LogP contribution in [0.2, 0.25) is 0 Å². The van der Waals surface area contributed by atoms with Crippen molar-refractivity contribution in [3.05, 3.63) is 0 Å². The molecule has 6 heterocycles. The van der Waals surface area contributed by atoms with Crippen LogP contribution in [0.1, 0.15) is 91.9 Å². The van der Waals surface area contributed by atoms with E-state index in [4.69, 9.17) is 47.4 Å². The Labute approximate surface area is 413 Å². The molecule has 71 heavy (non-hydrogen) atoms. The summed E-state index contributed by atoms with van der Waals surface area (Å²) in [6, 6.07) is 0. The maximum atomic E-state index is 11.4. The van der Waals surface area contributed by atoms with Crippen LogP contribution in [-0.2, 0) is 47.4 Å². The summed E-state index contributed by atoms with van der Waals surface area (Å²) in [5, 5.41) is 128. The van der Waals surface area contributed by atoms with Crippen LogP contribution in [0.5, 0.6) is 0 Å². The number of hydrogen-bond acceptors (Lipinski definition) is 22. The topological polar surface area (TPSA) is 335 Å². The minimum Gasteiger partial charge on any atom is -0.394 e. The summed E-state index contributed by atoms with van der Waals surface area (Å²) in [6.45, 7) is 8.46. The highest BCUT2D eigenvalue weighted by Gasteiger charge is 2.69. The molecule has 10 aliphatic rings. The normalized spacial score (nSPS) is 58.5. The van der Waals surface area contributed by atoms with Crippen LogP contribution in [-0.4, -0.2) is 223 Å². The standard InChI is InChI=1S/C49H80O22/c1-19-7-12-49(63-17-19)20(2)30-26(71-49)14-25-23-6-5-21-13-22(8-10-47(21,3)24(23)9-11-48(25,30)4)64-46-41(36(57)32(53)28(16-51)66-46)68-42-37(58)33(54)29(18-62-42)67-44-39(60)35(56)40(61)45(70-44)69-43-38(59)34(55)31(52)27(15-50)65-43/h19-46,50-61H,5-18H2,1-4H3/t19-,20-,21+,22+,23+,24-,25+,26-,27+,28+,29-,30-,31+,32+,33-,34-,35-,36-,37+,38+,39+,40-,41+,42-,43-,44+,45-,46+,47+,48+,49+/m0/s1. The molecule has 22 nitrogen and oxygen atoms in total. The molecule has 4 aliphatic carbocycles. The average molecular weight is 1020 g/mol. The van der Waals surface area contributed by atoms with Crippen molar-refractivity contribution in [2.45, 2.75) is 227 Å². The van der Waals surface area contributed by atoms with Gasteiger partial charge >= 0.3 is 0 Å². The first kappa shape index (κ1) is 53.5. The molecule has 10 rings (SSSR count). The Morgan fingerprint density at radius 2 is 1.14 bits per heavy atom. The Kier molecular flexibility index (Phi) is 15.4. The van der Waals surface area contributed by atoms with Crippen molar-refractivity contribution in [1.82, 2.24) is 0 Å². The van der Waals surface area contributed by atoms with Gasteiger partial charge in [0.1, 0.15) is 85.5 Å². The summed E-state index contributed by atoms with van der Waals surface area (Å²) in [7, 11) is 0. The van der Waals surface area contributed by atoms with E-state index in [0.717, 1.165) is 51.6 Å². The lowest BCUT2D eigenvalue weighted by Crippen LogP contribution is -2.65. The first-order chi connectivity index (χ1) is 33.7. The molecule has 10 fully saturated rings. The molecular weight excluding hydrogens is 941 g/mol. The van der Waals surface area contributed by atoms with Gasteiger partial charge in [0, 0.05) is 12.3 Å². The van der Waals surface area contributed by atoms with Crippen molar-refractivity contribution < 1.29 is 109 Å². The predicted molar refractivity (Wildman–Crippen MR) is 237 cm³/mol. The number of hydrogen-bond donors (Lipinski definition) is 12. The summed E-state index contributed by atoms with van der Waals surface area (Å²) >= 11 is 0. The van der Waals surface area contributed by atoms with Crippen LogP contribution in [0.15, 0.2) is 0 Å². The lowest BCUT2D eigenvalue weighted by molar-refractivity contribution is -0.411. The molecule has 0 aromatic heterocycles. The van der Waals surface area contributed by atoms with Gasteiger partial charge in [-0.2, -0.15) is 0 Å². The first-order valence-electron chi connectivity index (χ1n) is 26.3. The third-order valence-corrected chi connectivity index (χ3v) is 19.7. The number of fused-ring (bicyclic) bond motifs is 7. The summed E-state index contributed by atoms with van der Waals surface area (Å²) in [6.07, 6.45) is -22.6. The van der Waals surface area contributed by atoms with E-state index in [1.807, 2.05) is 0 Å². The molecule has 408 valence electrons. The van der Waals surface area contributed by atoms with Gasteiger partial charge in [0.05, 0.1) is 38.6 Å². The molecule has 0 amide bonds. The number of aliphatic hydroxyl groups is 12. The van der Waals surface area contributed by atoms with Gasteiger partial charge in [-0.1, -0.05) is 27.7 Å². The van der Waals surface area contributed by atoms with Crippen LogP contribution < -0.4 is 0 Å². The van der Waals surface area contributed by atoms with E-state index in [0.29, 0.717) is 47.8 Å². The smallest absolute Gasteiger partial charge is 0.192 e. The highest BCUT2D eigenvalue weighted by Crippen LogP contribution is 2.71. The molecule has 31 atom stereocenters. The van der Waals surface area contributed by atoms with Crippen molar-refractivity contribution >= 4 is 0 Å².